The second-order valence-corrected chi connectivity index (χ2v) is 16.5. The van der Waals surface area contributed by atoms with E-state index >= 15 is 0 Å². The quantitative estimate of drug-likeness (QED) is 0.365. The summed E-state index contributed by atoms with van der Waals surface area (Å²) < 4.78 is 1.39. The van der Waals surface area contributed by atoms with Crippen LogP contribution in [0.4, 0.5) is 0 Å². The molecule has 0 saturated heterocycles. The lowest BCUT2D eigenvalue weighted by Crippen LogP contribution is -2.64. The van der Waals surface area contributed by atoms with Crippen molar-refractivity contribution in [3.63, 3.8) is 0 Å². The molecule has 0 aliphatic heterocycles. The Morgan fingerprint density at radius 3 is 2.18 bits per heavy atom. The van der Waals surface area contributed by atoms with E-state index in [1.54, 1.807) is 0 Å². The highest BCUT2D eigenvalue weighted by molar-refractivity contribution is 9.11. The normalized spacial score (nSPS) is 51.6. The zero-order chi connectivity index (χ0) is 25.1. The molecule has 0 spiro atoms. The van der Waals surface area contributed by atoms with Crippen LogP contribution in [0.2, 0.25) is 0 Å². The molecule has 0 radical (unpaired) electrons. The summed E-state index contributed by atoms with van der Waals surface area (Å²) in [6, 6.07) is 0. The van der Waals surface area contributed by atoms with Crippen LogP contribution in [0, 0.1) is 56.2 Å². The maximum absolute atomic E-state index is 12.9. The van der Waals surface area contributed by atoms with Crippen molar-refractivity contribution in [2.75, 3.05) is 0 Å². The predicted molar refractivity (Wildman–Crippen MR) is 144 cm³/mol. The van der Waals surface area contributed by atoms with E-state index in [9.17, 15) is 9.90 Å². The third kappa shape index (κ3) is 3.00. The van der Waals surface area contributed by atoms with Gasteiger partial charge in [-0.15, -0.1) is 0 Å². The molecule has 2 nitrogen and oxygen atoms in total. The van der Waals surface area contributed by atoms with Crippen LogP contribution >= 0.6 is 15.9 Å². The van der Waals surface area contributed by atoms with Crippen LogP contribution in [0.3, 0.4) is 0 Å². The number of allylic oxidation sites excluding steroid dienone is 2. The number of rotatable bonds is 1. The van der Waals surface area contributed by atoms with Crippen LogP contribution in [-0.4, -0.2) is 11.1 Å². The molecule has 3 unspecified atom stereocenters. The van der Waals surface area contributed by atoms with E-state index in [-0.39, 0.29) is 22.2 Å². The van der Waals surface area contributed by atoms with Crippen LogP contribution in [0.15, 0.2) is 10.1 Å². The molecule has 0 bridgehead atoms. The van der Waals surface area contributed by atoms with Gasteiger partial charge in [0.2, 0.25) is 0 Å². The maximum Gasteiger partial charge on any atom is 0.310 e. The van der Waals surface area contributed by atoms with Crippen molar-refractivity contribution in [2.24, 2.45) is 56.2 Å². The van der Waals surface area contributed by atoms with E-state index in [2.05, 4.69) is 71.3 Å². The third-order valence-corrected chi connectivity index (χ3v) is 14.4. The van der Waals surface area contributed by atoms with Crippen molar-refractivity contribution in [3.05, 3.63) is 10.1 Å². The van der Waals surface area contributed by atoms with E-state index in [1.165, 1.54) is 35.7 Å². The number of fused-ring (bicyclic) bond motifs is 7. The zero-order valence-corrected chi connectivity index (χ0v) is 24.7. The third-order valence-electron chi connectivity index (χ3n) is 13.6. The number of aliphatic carboxylic acids is 1. The second kappa shape index (κ2) is 7.38. The van der Waals surface area contributed by atoms with Gasteiger partial charge in [0.1, 0.15) is 0 Å². The van der Waals surface area contributed by atoms with Gasteiger partial charge in [0.25, 0.3) is 0 Å². The lowest BCUT2D eigenvalue weighted by Gasteiger charge is -2.71. The topological polar surface area (TPSA) is 37.3 Å². The largest absolute Gasteiger partial charge is 0.481 e. The molecule has 5 rings (SSSR count). The fourth-order valence-corrected chi connectivity index (χ4v) is 11.9. The van der Waals surface area contributed by atoms with Crippen molar-refractivity contribution < 1.29 is 9.90 Å². The number of halogens is 1. The van der Waals surface area contributed by atoms with Gasteiger partial charge in [-0.2, -0.15) is 0 Å². The van der Waals surface area contributed by atoms with E-state index in [4.69, 9.17) is 0 Å². The van der Waals surface area contributed by atoms with E-state index in [1.807, 2.05) is 0 Å². The maximum atomic E-state index is 12.9. The summed E-state index contributed by atoms with van der Waals surface area (Å²) in [7, 11) is 0. The Morgan fingerprint density at radius 2 is 1.53 bits per heavy atom. The van der Waals surface area contributed by atoms with Gasteiger partial charge in [-0.25, -0.2) is 0 Å². The van der Waals surface area contributed by atoms with E-state index in [0.29, 0.717) is 16.7 Å². The standard InChI is InChI=1S/C31H49BrO2/c1-19-9-11-28(6)22(27(19,4)5)10-12-29(7)23(28)17-21(32)24-20-18-26(2,3)13-15-31(20,25(33)34)16-14-30(24,29)8/h19-20,22-23H,9-18H2,1-8H3,(H,33,34)/t19-,20?,22?,23?,28-,29+,30+,31-/m0/s1. The molecule has 0 heterocycles. The Labute approximate surface area is 217 Å². The number of hydrogen-bond acceptors (Lipinski definition) is 1. The van der Waals surface area contributed by atoms with Crippen molar-refractivity contribution >= 4 is 21.9 Å². The van der Waals surface area contributed by atoms with E-state index < -0.39 is 11.4 Å². The minimum Gasteiger partial charge on any atom is -0.481 e. The Balaban J connectivity index is 1.65. The minimum absolute atomic E-state index is 0.0903. The molecule has 0 aromatic heterocycles. The number of hydrogen-bond donors (Lipinski definition) is 1. The summed E-state index contributed by atoms with van der Waals surface area (Å²) >= 11 is 4.19. The van der Waals surface area contributed by atoms with Gasteiger partial charge in [-0.3, -0.25) is 4.79 Å². The van der Waals surface area contributed by atoms with Gasteiger partial charge < -0.3 is 5.11 Å². The molecular formula is C31H49BrO2. The fourth-order valence-electron chi connectivity index (χ4n) is 10.8. The predicted octanol–water partition coefficient (Wildman–Crippen LogP) is 9.23. The summed E-state index contributed by atoms with van der Waals surface area (Å²) in [4.78, 5) is 12.9. The second-order valence-electron chi connectivity index (χ2n) is 15.6. The Hall–Kier alpha value is -0.310. The zero-order valence-electron chi connectivity index (χ0n) is 23.1. The first-order valence-electron chi connectivity index (χ1n) is 14.2. The van der Waals surface area contributed by atoms with Crippen molar-refractivity contribution in [3.8, 4) is 0 Å². The van der Waals surface area contributed by atoms with Gasteiger partial charge >= 0.3 is 5.97 Å². The van der Waals surface area contributed by atoms with Crippen molar-refractivity contribution in [2.45, 2.75) is 120 Å². The van der Waals surface area contributed by atoms with Crippen LogP contribution < -0.4 is 0 Å². The summed E-state index contributed by atoms with van der Waals surface area (Å²) in [5.41, 5.74) is 2.27. The molecule has 3 heteroatoms. The first-order valence-corrected chi connectivity index (χ1v) is 15.0. The monoisotopic (exact) mass is 532 g/mol. The van der Waals surface area contributed by atoms with Gasteiger partial charge in [0, 0.05) is 0 Å². The fraction of sp³-hybridized carbons (Fsp3) is 0.903. The number of carboxylic acid groups (broad SMARTS) is 1. The molecular weight excluding hydrogens is 484 g/mol. The molecule has 5 aliphatic carbocycles. The van der Waals surface area contributed by atoms with Crippen LogP contribution in [0.1, 0.15) is 120 Å². The molecule has 0 aromatic rings. The molecule has 4 saturated carbocycles. The summed E-state index contributed by atoms with van der Waals surface area (Å²) in [5.74, 6) is 1.88. The summed E-state index contributed by atoms with van der Waals surface area (Å²) in [6.45, 7) is 20.2. The minimum atomic E-state index is -0.560. The highest BCUT2D eigenvalue weighted by Gasteiger charge is 2.69. The molecule has 4 fully saturated rings. The summed E-state index contributed by atoms with van der Waals surface area (Å²) in [5, 5.41) is 10.6. The van der Waals surface area contributed by atoms with Gasteiger partial charge in [-0.1, -0.05) is 71.3 Å². The van der Waals surface area contributed by atoms with Gasteiger partial charge in [-0.05, 0) is 125 Å². The first kappa shape index (κ1) is 25.3. The highest BCUT2D eigenvalue weighted by Crippen LogP contribution is 2.77. The molecule has 1 N–H and O–H groups in total. The van der Waals surface area contributed by atoms with Crippen LogP contribution in [0.25, 0.3) is 0 Å². The molecule has 34 heavy (non-hydrogen) atoms. The average molecular weight is 534 g/mol. The molecule has 192 valence electrons. The van der Waals surface area contributed by atoms with E-state index in [0.717, 1.165) is 50.4 Å². The number of carboxylic acids is 1. The Morgan fingerprint density at radius 1 is 0.882 bits per heavy atom. The molecule has 0 amide bonds. The van der Waals surface area contributed by atoms with Crippen molar-refractivity contribution in [1.29, 1.82) is 0 Å². The summed E-state index contributed by atoms with van der Waals surface area (Å²) in [6.07, 6.45) is 11.2. The SMILES string of the molecule is C[C@H]1CC[C@@]2(C)C(CC[C@]3(C)C2CC(Br)=C2C4CC(C)(C)CC[C@]4(C(=O)O)CC[C@]23C)C1(C)C. The molecule has 8 atom stereocenters. The molecule has 0 aromatic carbocycles. The van der Waals surface area contributed by atoms with Crippen molar-refractivity contribution in [1.82, 2.24) is 0 Å². The number of carbonyl (C=O) groups is 1. The van der Waals surface area contributed by atoms with Crippen LogP contribution in [0.5, 0.6) is 0 Å². The smallest absolute Gasteiger partial charge is 0.310 e. The van der Waals surface area contributed by atoms with Gasteiger partial charge in [0.15, 0.2) is 0 Å². The first-order chi connectivity index (χ1) is 15.6. The average Bonchev–Trinajstić information content (AvgIpc) is 2.72. The van der Waals surface area contributed by atoms with Crippen LogP contribution in [-0.2, 0) is 4.79 Å². The van der Waals surface area contributed by atoms with Gasteiger partial charge in [0.05, 0.1) is 5.41 Å². The highest BCUT2D eigenvalue weighted by atomic mass is 79.9. The molecule has 5 aliphatic rings. The Bertz CT molecular complexity index is 932. The lowest BCUT2D eigenvalue weighted by molar-refractivity contribution is -0.195. The lowest BCUT2D eigenvalue weighted by atomic mass is 9.33. The Kier molecular flexibility index (Phi) is 5.50.